The zero-order chi connectivity index (χ0) is 14.0. The van der Waals surface area contributed by atoms with E-state index in [1.54, 1.807) is 11.4 Å². The van der Waals surface area contributed by atoms with E-state index in [0.29, 0.717) is 12.2 Å². The van der Waals surface area contributed by atoms with E-state index in [-0.39, 0.29) is 11.9 Å². The number of aromatic nitrogens is 2. The number of pyridine rings is 1. The smallest absolute Gasteiger partial charge is 0.342 e. The largest absolute Gasteiger partial charge is 0.462 e. The number of hydrogen-bond acceptors (Lipinski definition) is 4. The molecule has 0 unspecified atom stereocenters. The van der Waals surface area contributed by atoms with Gasteiger partial charge in [0.2, 0.25) is 0 Å². The summed E-state index contributed by atoms with van der Waals surface area (Å²) in [5.74, 6) is -0.146. The minimum atomic E-state index is -0.311. The first kappa shape index (κ1) is 13.4. The van der Waals surface area contributed by atoms with Gasteiger partial charge in [0.25, 0.3) is 0 Å². The molecule has 0 aliphatic heterocycles. The fourth-order valence-electron chi connectivity index (χ4n) is 2.04. The number of hydrogen-bond donors (Lipinski definition) is 1. The highest BCUT2D eigenvalue weighted by molar-refractivity contribution is 5.99. The molecule has 1 N–H and O–H groups in total. The third kappa shape index (κ3) is 2.41. The molecule has 0 atom stereocenters. The molecular weight excluding hydrogens is 242 g/mol. The van der Waals surface area contributed by atoms with Gasteiger partial charge in [-0.15, -0.1) is 0 Å². The lowest BCUT2D eigenvalue weighted by atomic mass is 10.0. The van der Waals surface area contributed by atoms with Crippen LogP contribution in [0.25, 0.3) is 5.52 Å². The summed E-state index contributed by atoms with van der Waals surface area (Å²) < 4.78 is 6.87. The molecule has 0 aromatic carbocycles. The third-order valence-electron chi connectivity index (χ3n) is 2.98. The third-order valence-corrected chi connectivity index (χ3v) is 2.98. The van der Waals surface area contributed by atoms with Gasteiger partial charge >= 0.3 is 5.97 Å². The van der Waals surface area contributed by atoms with Gasteiger partial charge in [0.15, 0.2) is 0 Å². The predicted octanol–water partition coefficient (Wildman–Crippen LogP) is 2.68. The van der Waals surface area contributed by atoms with Crippen LogP contribution in [0.15, 0.2) is 18.3 Å². The van der Waals surface area contributed by atoms with E-state index in [0.717, 1.165) is 16.9 Å². The van der Waals surface area contributed by atoms with Gasteiger partial charge in [0, 0.05) is 18.9 Å². The quantitative estimate of drug-likeness (QED) is 0.860. The first-order valence-electron chi connectivity index (χ1n) is 6.45. The van der Waals surface area contributed by atoms with Crippen molar-refractivity contribution >= 4 is 17.2 Å². The molecule has 0 fully saturated rings. The molecule has 0 saturated heterocycles. The van der Waals surface area contributed by atoms with Gasteiger partial charge in [-0.1, -0.05) is 13.8 Å². The minimum absolute atomic E-state index is 0.164. The summed E-state index contributed by atoms with van der Waals surface area (Å²) in [6, 6.07) is 3.82. The summed E-state index contributed by atoms with van der Waals surface area (Å²) in [7, 11) is 1.84. The van der Waals surface area contributed by atoms with Crippen molar-refractivity contribution in [1.82, 2.24) is 9.61 Å². The van der Waals surface area contributed by atoms with Gasteiger partial charge in [0.05, 0.1) is 17.8 Å². The fourth-order valence-corrected chi connectivity index (χ4v) is 2.04. The average molecular weight is 261 g/mol. The van der Waals surface area contributed by atoms with Gasteiger partial charge in [-0.05, 0) is 25.0 Å². The molecule has 5 heteroatoms. The number of nitrogens with one attached hydrogen (secondary N) is 1. The van der Waals surface area contributed by atoms with E-state index in [2.05, 4.69) is 10.4 Å². The number of nitrogens with zero attached hydrogens (tertiary/aromatic N) is 2. The predicted molar refractivity (Wildman–Crippen MR) is 74.8 cm³/mol. The van der Waals surface area contributed by atoms with Crippen LogP contribution in [0.1, 0.15) is 42.7 Å². The van der Waals surface area contributed by atoms with Crippen molar-refractivity contribution in [3.63, 3.8) is 0 Å². The van der Waals surface area contributed by atoms with Crippen molar-refractivity contribution in [2.45, 2.75) is 26.7 Å². The van der Waals surface area contributed by atoms with E-state index in [1.807, 2.05) is 39.2 Å². The highest BCUT2D eigenvalue weighted by Crippen LogP contribution is 2.25. The molecule has 0 aliphatic rings. The summed E-state index contributed by atoms with van der Waals surface area (Å²) in [5.41, 5.74) is 3.04. The first-order valence-corrected chi connectivity index (χ1v) is 6.45. The zero-order valence-electron chi connectivity index (χ0n) is 11.7. The Morgan fingerprint density at radius 2 is 2.26 bits per heavy atom. The summed E-state index contributed by atoms with van der Waals surface area (Å²) in [5, 5.41) is 7.54. The number of anilines is 1. The van der Waals surface area contributed by atoms with Crippen LogP contribution in [0, 0.1) is 0 Å². The number of ether oxygens (including phenoxy) is 1. The Labute approximate surface area is 112 Å². The van der Waals surface area contributed by atoms with E-state index in [9.17, 15) is 4.79 Å². The molecule has 0 bridgehead atoms. The van der Waals surface area contributed by atoms with Crippen molar-refractivity contribution in [2.24, 2.45) is 0 Å². The van der Waals surface area contributed by atoms with Crippen molar-refractivity contribution in [2.75, 3.05) is 19.0 Å². The lowest BCUT2D eigenvalue weighted by Gasteiger charge is -2.05. The number of esters is 1. The van der Waals surface area contributed by atoms with Gasteiger partial charge in [0.1, 0.15) is 5.56 Å². The first-order chi connectivity index (χ1) is 9.08. The second kappa shape index (κ2) is 5.30. The molecule has 0 saturated carbocycles. The lowest BCUT2D eigenvalue weighted by molar-refractivity contribution is 0.0527. The maximum atomic E-state index is 12.1. The van der Waals surface area contributed by atoms with Crippen molar-refractivity contribution in [1.29, 1.82) is 0 Å². The molecule has 0 amide bonds. The molecule has 0 aliphatic carbocycles. The summed E-state index contributed by atoms with van der Waals surface area (Å²) >= 11 is 0. The average Bonchev–Trinajstić information content (AvgIpc) is 2.77. The van der Waals surface area contributed by atoms with E-state index in [4.69, 9.17) is 4.74 Å². The number of carbonyl (C=O) groups excluding carboxylic acids is 1. The van der Waals surface area contributed by atoms with Crippen LogP contribution >= 0.6 is 0 Å². The number of carbonyl (C=O) groups is 1. The van der Waals surface area contributed by atoms with Crippen LogP contribution in [0.3, 0.4) is 0 Å². The fraction of sp³-hybridized carbons (Fsp3) is 0.429. The lowest BCUT2D eigenvalue weighted by Crippen LogP contribution is -2.08. The monoisotopic (exact) mass is 261 g/mol. The Morgan fingerprint density at radius 1 is 1.53 bits per heavy atom. The highest BCUT2D eigenvalue weighted by atomic mass is 16.5. The van der Waals surface area contributed by atoms with Crippen molar-refractivity contribution < 1.29 is 9.53 Å². The van der Waals surface area contributed by atoms with Crippen molar-refractivity contribution in [3.05, 3.63) is 29.6 Å². The summed E-state index contributed by atoms with van der Waals surface area (Å²) in [6.07, 6.45) is 1.84. The Balaban J connectivity index is 2.66. The molecule has 2 rings (SSSR count). The van der Waals surface area contributed by atoms with Gasteiger partial charge in [-0.25, -0.2) is 9.31 Å². The van der Waals surface area contributed by atoms with Crippen LogP contribution in [-0.4, -0.2) is 29.2 Å². The molecule has 0 spiro atoms. The maximum absolute atomic E-state index is 12.1. The second-order valence-corrected chi connectivity index (χ2v) is 4.63. The molecule has 2 aromatic rings. The van der Waals surface area contributed by atoms with Crippen LogP contribution < -0.4 is 5.32 Å². The van der Waals surface area contributed by atoms with Crippen LogP contribution in [0.5, 0.6) is 0 Å². The molecule has 102 valence electrons. The number of fused-ring (bicyclic) bond motifs is 1. The maximum Gasteiger partial charge on any atom is 0.342 e. The number of rotatable bonds is 4. The van der Waals surface area contributed by atoms with E-state index >= 15 is 0 Å². The van der Waals surface area contributed by atoms with Gasteiger partial charge in [-0.2, -0.15) is 5.10 Å². The Bertz CT molecular complexity index is 602. The second-order valence-electron chi connectivity index (χ2n) is 4.63. The molecule has 5 nitrogen and oxygen atoms in total. The molecule has 2 aromatic heterocycles. The van der Waals surface area contributed by atoms with Crippen LogP contribution in [0.2, 0.25) is 0 Å². The molecular formula is C14H19N3O2. The Morgan fingerprint density at radius 3 is 2.84 bits per heavy atom. The summed E-state index contributed by atoms with van der Waals surface area (Å²) in [6.45, 7) is 6.20. The van der Waals surface area contributed by atoms with Crippen LogP contribution in [-0.2, 0) is 4.74 Å². The van der Waals surface area contributed by atoms with E-state index in [1.165, 1.54) is 0 Å². The summed E-state index contributed by atoms with van der Waals surface area (Å²) in [4.78, 5) is 12.1. The van der Waals surface area contributed by atoms with Crippen molar-refractivity contribution in [3.8, 4) is 0 Å². The SMILES string of the molecule is CCOC(=O)c1c(C(C)C)nn2ccc(NC)cc12. The van der Waals surface area contributed by atoms with E-state index < -0.39 is 0 Å². The minimum Gasteiger partial charge on any atom is -0.462 e. The zero-order valence-corrected chi connectivity index (χ0v) is 11.7. The van der Waals surface area contributed by atoms with Gasteiger partial charge < -0.3 is 10.1 Å². The Hall–Kier alpha value is -2.04. The molecule has 19 heavy (non-hydrogen) atoms. The highest BCUT2D eigenvalue weighted by Gasteiger charge is 2.22. The van der Waals surface area contributed by atoms with Gasteiger partial charge in [-0.3, -0.25) is 0 Å². The Kier molecular flexibility index (Phi) is 3.74. The standard InChI is InChI=1S/C14H19N3O2/c1-5-19-14(18)12-11-8-10(15-4)6-7-17(11)16-13(12)9(2)3/h6-9,15H,5H2,1-4H3. The van der Waals surface area contributed by atoms with Crippen LogP contribution in [0.4, 0.5) is 5.69 Å². The molecule has 2 heterocycles. The normalized spacial score (nSPS) is 11.0. The topological polar surface area (TPSA) is 55.6 Å². The molecule has 0 radical (unpaired) electrons.